The van der Waals surface area contributed by atoms with Crippen LogP contribution in [0.1, 0.15) is 51.2 Å². The summed E-state index contributed by atoms with van der Waals surface area (Å²) in [4.78, 5) is 27.9. The zero-order valence-corrected chi connectivity index (χ0v) is 22.7. The molecule has 0 aromatic heterocycles. The lowest BCUT2D eigenvalue weighted by Crippen LogP contribution is -2.50. The molecule has 0 aliphatic heterocycles. The van der Waals surface area contributed by atoms with Gasteiger partial charge in [-0.25, -0.2) is 8.42 Å². The molecule has 1 atom stereocenters. The van der Waals surface area contributed by atoms with Gasteiger partial charge in [0.1, 0.15) is 6.04 Å². The molecule has 1 N–H and O–H groups in total. The van der Waals surface area contributed by atoms with E-state index in [1.807, 2.05) is 52.0 Å². The van der Waals surface area contributed by atoms with Crippen LogP contribution in [0.5, 0.6) is 0 Å². The Morgan fingerprint density at radius 1 is 1.06 bits per heavy atom. The van der Waals surface area contributed by atoms with Gasteiger partial charge in [0.25, 0.3) is 0 Å². The Morgan fingerprint density at radius 3 is 2.23 bits per heavy atom. The van der Waals surface area contributed by atoms with Gasteiger partial charge in [-0.1, -0.05) is 48.9 Å². The molecule has 0 aliphatic carbocycles. The third-order valence-corrected chi connectivity index (χ3v) is 7.05. The Labute approximate surface area is 214 Å². The summed E-state index contributed by atoms with van der Waals surface area (Å²) in [7, 11) is -3.53. The van der Waals surface area contributed by atoms with Crippen LogP contribution < -0.4 is 9.62 Å². The summed E-state index contributed by atoms with van der Waals surface area (Å²) < 4.78 is 26.3. The number of anilines is 1. The van der Waals surface area contributed by atoms with Crippen molar-refractivity contribution < 1.29 is 18.0 Å². The van der Waals surface area contributed by atoms with Crippen molar-refractivity contribution in [2.75, 3.05) is 17.1 Å². The minimum Gasteiger partial charge on any atom is -0.352 e. The van der Waals surface area contributed by atoms with Crippen LogP contribution in [0.2, 0.25) is 5.02 Å². The zero-order valence-electron chi connectivity index (χ0n) is 21.1. The van der Waals surface area contributed by atoms with Crippen LogP contribution in [0.25, 0.3) is 0 Å². The van der Waals surface area contributed by atoms with Gasteiger partial charge < -0.3 is 10.2 Å². The fraction of sp³-hybridized carbons (Fsp3) is 0.462. The highest BCUT2D eigenvalue weighted by Gasteiger charge is 2.29. The molecule has 0 heterocycles. The Kier molecular flexibility index (Phi) is 10.6. The first-order valence-corrected chi connectivity index (χ1v) is 14.0. The van der Waals surface area contributed by atoms with Gasteiger partial charge in [-0.3, -0.25) is 13.9 Å². The first kappa shape index (κ1) is 28.7. The lowest BCUT2D eigenvalue weighted by molar-refractivity contribution is -0.141. The second-order valence-electron chi connectivity index (χ2n) is 8.96. The monoisotopic (exact) mass is 521 g/mol. The Morgan fingerprint density at radius 2 is 1.69 bits per heavy atom. The molecule has 192 valence electrons. The van der Waals surface area contributed by atoms with Crippen LogP contribution in [-0.4, -0.2) is 50.0 Å². The van der Waals surface area contributed by atoms with E-state index in [-0.39, 0.29) is 37.4 Å². The fourth-order valence-electron chi connectivity index (χ4n) is 3.91. The van der Waals surface area contributed by atoms with Crippen LogP contribution in [-0.2, 0) is 26.2 Å². The van der Waals surface area contributed by atoms with E-state index in [1.54, 1.807) is 29.2 Å². The summed E-state index contributed by atoms with van der Waals surface area (Å²) >= 11 is 6.01. The van der Waals surface area contributed by atoms with Crippen LogP contribution in [0.4, 0.5) is 5.69 Å². The Balaban J connectivity index is 2.22. The Bertz CT molecular complexity index is 1100. The number of hydrogen-bond donors (Lipinski definition) is 1. The van der Waals surface area contributed by atoms with Gasteiger partial charge in [-0.15, -0.1) is 0 Å². The van der Waals surface area contributed by atoms with Gasteiger partial charge in [0.15, 0.2) is 0 Å². The number of nitrogens with zero attached hydrogens (tertiary/aromatic N) is 2. The molecule has 9 heteroatoms. The van der Waals surface area contributed by atoms with Gasteiger partial charge in [-0.2, -0.15) is 0 Å². The van der Waals surface area contributed by atoms with Crippen LogP contribution in [0.3, 0.4) is 0 Å². The van der Waals surface area contributed by atoms with Gasteiger partial charge in [-0.05, 0) is 62.9 Å². The van der Waals surface area contributed by atoms with Crippen molar-refractivity contribution in [1.29, 1.82) is 0 Å². The van der Waals surface area contributed by atoms with Crippen molar-refractivity contribution in [3.8, 4) is 0 Å². The predicted molar refractivity (Wildman–Crippen MR) is 142 cm³/mol. The lowest BCUT2D eigenvalue weighted by atomic mass is 10.1. The highest BCUT2D eigenvalue weighted by molar-refractivity contribution is 7.92. The fourth-order valence-corrected chi connectivity index (χ4v) is 5.06. The molecule has 0 aliphatic rings. The maximum atomic E-state index is 13.4. The zero-order chi connectivity index (χ0) is 26.2. The molecule has 0 saturated carbocycles. The van der Waals surface area contributed by atoms with Gasteiger partial charge in [0, 0.05) is 30.6 Å². The number of nitrogens with one attached hydrogen (secondary N) is 1. The second kappa shape index (κ2) is 12.9. The first-order valence-electron chi connectivity index (χ1n) is 11.8. The average molecular weight is 522 g/mol. The van der Waals surface area contributed by atoms with Crippen LogP contribution in [0, 0.1) is 6.92 Å². The summed E-state index contributed by atoms with van der Waals surface area (Å²) in [6.45, 7) is 7.90. The maximum absolute atomic E-state index is 13.4. The van der Waals surface area contributed by atoms with E-state index >= 15 is 0 Å². The minimum absolute atomic E-state index is 0.0542. The van der Waals surface area contributed by atoms with Crippen molar-refractivity contribution in [1.82, 2.24) is 10.2 Å². The topological polar surface area (TPSA) is 86.8 Å². The molecule has 0 bridgehead atoms. The molecule has 2 rings (SSSR count). The highest BCUT2D eigenvalue weighted by atomic mass is 35.5. The number of aryl methyl sites for hydroxylation is 1. The second-order valence-corrected chi connectivity index (χ2v) is 11.3. The average Bonchev–Trinajstić information content (AvgIpc) is 2.77. The number of carbonyl (C=O) groups is 2. The smallest absolute Gasteiger partial charge is 0.243 e. The molecule has 0 saturated heterocycles. The number of hydrogen-bond acceptors (Lipinski definition) is 4. The summed E-state index contributed by atoms with van der Waals surface area (Å²) in [6, 6.07) is 13.7. The van der Waals surface area contributed by atoms with Gasteiger partial charge in [0.2, 0.25) is 21.8 Å². The van der Waals surface area contributed by atoms with E-state index in [0.717, 1.165) is 17.4 Å². The van der Waals surface area contributed by atoms with Crippen molar-refractivity contribution in [3.63, 3.8) is 0 Å². The van der Waals surface area contributed by atoms with E-state index in [0.29, 0.717) is 23.6 Å². The summed E-state index contributed by atoms with van der Waals surface area (Å²) in [5.41, 5.74) is 2.30. The summed E-state index contributed by atoms with van der Waals surface area (Å²) in [6.07, 6.45) is 2.05. The molecule has 0 radical (unpaired) electrons. The number of sulfonamides is 1. The normalized spacial score (nSPS) is 12.3. The van der Waals surface area contributed by atoms with Crippen LogP contribution in [0.15, 0.2) is 48.5 Å². The van der Waals surface area contributed by atoms with E-state index in [4.69, 9.17) is 11.6 Å². The van der Waals surface area contributed by atoms with Crippen LogP contribution >= 0.6 is 11.6 Å². The van der Waals surface area contributed by atoms with Crippen molar-refractivity contribution >= 4 is 39.1 Å². The van der Waals surface area contributed by atoms with E-state index in [9.17, 15) is 18.0 Å². The van der Waals surface area contributed by atoms with Crippen molar-refractivity contribution in [3.05, 3.63) is 64.7 Å². The molecule has 2 aromatic carbocycles. The largest absolute Gasteiger partial charge is 0.352 e. The molecule has 7 nitrogen and oxygen atoms in total. The quantitative estimate of drug-likeness (QED) is 0.444. The van der Waals surface area contributed by atoms with Crippen molar-refractivity contribution in [2.24, 2.45) is 0 Å². The lowest BCUT2D eigenvalue weighted by Gasteiger charge is -2.31. The summed E-state index contributed by atoms with van der Waals surface area (Å²) in [5.74, 6) is -0.411. The van der Waals surface area contributed by atoms with Gasteiger partial charge >= 0.3 is 0 Å². The van der Waals surface area contributed by atoms with Gasteiger partial charge in [0.05, 0.1) is 11.9 Å². The third kappa shape index (κ3) is 8.54. The number of carbonyl (C=O) groups excluding carboxylic acids is 2. The summed E-state index contributed by atoms with van der Waals surface area (Å²) in [5, 5.41) is 3.50. The molecule has 0 fully saturated rings. The van der Waals surface area contributed by atoms with E-state index in [2.05, 4.69) is 5.32 Å². The number of rotatable bonds is 12. The molecule has 0 spiro atoms. The molecule has 35 heavy (non-hydrogen) atoms. The molecular formula is C26H36ClN3O4S. The third-order valence-electron chi connectivity index (χ3n) is 5.62. The Hall–Kier alpha value is -2.58. The number of para-hydroxylation sites is 1. The molecule has 1 unspecified atom stereocenters. The number of amides is 2. The number of benzene rings is 2. The molecule has 2 aromatic rings. The minimum atomic E-state index is -3.53. The predicted octanol–water partition coefficient (Wildman–Crippen LogP) is 4.53. The maximum Gasteiger partial charge on any atom is 0.243 e. The molecule has 2 amide bonds. The highest BCUT2D eigenvalue weighted by Crippen LogP contribution is 2.23. The molecular weight excluding hydrogens is 486 g/mol. The SMILES string of the molecule is CCC(C(=O)NC(C)C)N(Cc1ccc(Cl)cc1)C(=O)CCCN(c1ccccc1C)S(C)(=O)=O. The standard InChI is InChI=1S/C26H36ClN3O4S/c1-6-23(26(32)28-19(2)3)29(18-21-13-15-22(27)16-14-21)25(31)12-9-17-30(35(5,33)34)24-11-8-7-10-20(24)4/h7-8,10-11,13-16,19,23H,6,9,12,17-18H2,1-5H3,(H,28,32). The first-order chi connectivity index (χ1) is 16.4. The van der Waals surface area contributed by atoms with E-state index < -0.39 is 16.1 Å². The van der Waals surface area contributed by atoms with Crippen molar-refractivity contribution in [2.45, 2.75) is 65.6 Å². The number of halogens is 1. The van der Waals surface area contributed by atoms with E-state index in [1.165, 1.54) is 4.31 Å².